The highest BCUT2D eigenvalue weighted by atomic mass is 32.2. The van der Waals surface area contributed by atoms with Gasteiger partial charge >= 0.3 is 0 Å². The Hall–Kier alpha value is -1.76. The van der Waals surface area contributed by atoms with Crippen LogP contribution in [0.1, 0.15) is 19.8 Å². The highest BCUT2D eigenvalue weighted by Crippen LogP contribution is 2.24. The van der Waals surface area contributed by atoms with Crippen molar-refractivity contribution in [1.29, 1.82) is 0 Å². The van der Waals surface area contributed by atoms with Crippen molar-refractivity contribution in [3.05, 3.63) is 18.4 Å². The van der Waals surface area contributed by atoms with E-state index in [2.05, 4.69) is 17.1 Å². The van der Waals surface area contributed by atoms with E-state index < -0.39 is 0 Å². The van der Waals surface area contributed by atoms with E-state index in [9.17, 15) is 4.79 Å². The van der Waals surface area contributed by atoms with Gasteiger partial charge in [-0.15, -0.1) is 10.2 Å². The Bertz CT molecular complexity index is 596. The van der Waals surface area contributed by atoms with Crippen LogP contribution in [-0.4, -0.2) is 39.8 Å². The number of carbonyl (C=O) groups is 1. The summed E-state index contributed by atoms with van der Waals surface area (Å²) in [4.78, 5) is 14.1. The predicted octanol–water partition coefficient (Wildman–Crippen LogP) is 2.68. The fourth-order valence-corrected chi connectivity index (χ4v) is 3.06. The number of carbonyl (C=O) groups excluding carboxylic acids is 1. The van der Waals surface area contributed by atoms with E-state index in [4.69, 9.17) is 8.83 Å². The zero-order valence-corrected chi connectivity index (χ0v) is 12.6. The van der Waals surface area contributed by atoms with E-state index in [1.54, 1.807) is 18.4 Å². The molecule has 1 fully saturated rings. The van der Waals surface area contributed by atoms with Gasteiger partial charge in [-0.25, -0.2) is 0 Å². The van der Waals surface area contributed by atoms with E-state index in [0.29, 0.717) is 28.5 Å². The van der Waals surface area contributed by atoms with Gasteiger partial charge in [-0.3, -0.25) is 4.79 Å². The summed E-state index contributed by atoms with van der Waals surface area (Å²) < 4.78 is 10.6. The molecule has 1 amide bonds. The van der Waals surface area contributed by atoms with Crippen LogP contribution in [0.15, 0.2) is 32.5 Å². The maximum Gasteiger partial charge on any atom is 0.284 e. The first-order chi connectivity index (χ1) is 10.2. The zero-order valence-electron chi connectivity index (χ0n) is 11.8. The molecule has 7 heteroatoms. The molecule has 0 radical (unpaired) electrons. The SMILES string of the molecule is C[C@@H]1CCCN(C(=O)CSc2nnc(-c3ccco3)o2)C1. The first kappa shape index (κ1) is 14.2. The van der Waals surface area contributed by atoms with Crippen molar-refractivity contribution in [3.8, 4) is 11.7 Å². The van der Waals surface area contributed by atoms with Gasteiger partial charge in [-0.1, -0.05) is 18.7 Å². The van der Waals surface area contributed by atoms with E-state index in [1.165, 1.54) is 18.2 Å². The summed E-state index contributed by atoms with van der Waals surface area (Å²) in [6, 6.07) is 3.51. The topological polar surface area (TPSA) is 72.4 Å². The number of amides is 1. The van der Waals surface area contributed by atoms with Crippen molar-refractivity contribution in [2.75, 3.05) is 18.8 Å². The largest absolute Gasteiger partial charge is 0.459 e. The molecule has 2 aromatic rings. The molecule has 6 nitrogen and oxygen atoms in total. The molecule has 1 aliphatic rings. The van der Waals surface area contributed by atoms with Crippen LogP contribution in [0.25, 0.3) is 11.7 Å². The summed E-state index contributed by atoms with van der Waals surface area (Å²) in [6.45, 7) is 3.88. The quantitative estimate of drug-likeness (QED) is 0.809. The summed E-state index contributed by atoms with van der Waals surface area (Å²) >= 11 is 1.27. The number of hydrogen-bond acceptors (Lipinski definition) is 6. The summed E-state index contributed by atoms with van der Waals surface area (Å²) in [5.74, 6) is 1.91. The molecular weight excluding hydrogens is 290 g/mol. The van der Waals surface area contributed by atoms with Gasteiger partial charge in [0.1, 0.15) is 0 Å². The first-order valence-corrected chi connectivity index (χ1v) is 7.99. The molecule has 0 saturated carbocycles. The lowest BCUT2D eigenvalue weighted by molar-refractivity contribution is -0.130. The third-order valence-electron chi connectivity index (χ3n) is 3.47. The normalized spacial score (nSPS) is 18.9. The molecule has 0 N–H and O–H groups in total. The van der Waals surface area contributed by atoms with Crippen molar-refractivity contribution in [3.63, 3.8) is 0 Å². The molecule has 21 heavy (non-hydrogen) atoms. The summed E-state index contributed by atoms with van der Waals surface area (Å²) in [5, 5.41) is 8.21. The minimum atomic E-state index is 0.129. The van der Waals surface area contributed by atoms with Crippen LogP contribution in [0, 0.1) is 5.92 Å². The second-order valence-corrected chi connectivity index (χ2v) is 6.15. The molecule has 2 aromatic heterocycles. The van der Waals surface area contributed by atoms with E-state index in [1.807, 2.05) is 4.90 Å². The van der Waals surface area contributed by atoms with E-state index in [-0.39, 0.29) is 5.91 Å². The van der Waals surface area contributed by atoms with Gasteiger partial charge in [0.05, 0.1) is 12.0 Å². The second kappa shape index (κ2) is 6.34. The average Bonchev–Trinajstić information content (AvgIpc) is 3.15. The fourth-order valence-electron chi connectivity index (χ4n) is 2.40. The van der Waals surface area contributed by atoms with Crippen molar-refractivity contribution < 1.29 is 13.6 Å². The molecule has 0 aromatic carbocycles. The Balaban J connectivity index is 1.54. The highest BCUT2D eigenvalue weighted by Gasteiger charge is 2.21. The molecule has 1 saturated heterocycles. The minimum Gasteiger partial charge on any atom is -0.459 e. The van der Waals surface area contributed by atoms with Gasteiger partial charge in [-0.2, -0.15) is 0 Å². The van der Waals surface area contributed by atoms with Crippen molar-refractivity contribution in [2.45, 2.75) is 25.0 Å². The fraction of sp³-hybridized carbons (Fsp3) is 0.500. The van der Waals surface area contributed by atoms with Crippen LogP contribution < -0.4 is 0 Å². The van der Waals surface area contributed by atoms with Crippen molar-refractivity contribution >= 4 is 17.7 Å². The average molecular weight is 307 g/mol. The molecular formula is C14H17N3O3S. The van der Waals surface area contributed by atoms with Crippen LogP contribution in [0.5, 0.6) is 0 Å². The number of rotatable bonds is 4. The Morgan fingerprint density at radius 2 is 2.43 bits per heavy atom. The van der Waals surface area contributed by atoms with Gasteiger partial charge in [0.25, 0.3) is 11.1 Å². The lowest BCUT2D eigenvalue weighted by Crippen LogP contribution is -2.40. The van der Waals surface area contributed by atoms with Crippen LogP contribution in [0.3, 0.4) is 0 Å². The lowest BCUT2D eigenvalue weighted by atomic mass is 10.0. The van der Waals surface area contributed by atoms with Gasteiger partial charge in [0.2, 0.25) is 5.91 Å². The summed E-state index contributed by atoms with van der Waals surface area (Å²) in [5.41, 5.74) is 0. The number of nitrogens with zero attached hydrogens (tertiary/aromatic N) is 3. The van der Waals surface area contributed by atoms with Gasteiger partial charge in [-0.05, 0) is 30.9 Å². The van der Waals surface area contributed by atoms with Gasteiger partial charge in [0.15, 0.2) is 5.76 Å². The molecule has 1 atom stereocenters. The Labute approximate surface area is 126 Å². The molecule has 3 rings (SSSR count). The van der Waals surface area contributed by atoms with Crippen LogP contribution in [0.4, 0.5) is 0 Å². The number of furan rings is 1. The zero-order chi connectivity index (χ0) is 14.7. The third-order valence-corrected chi connectivity index (χ3v) is 4.27. The third kappa shape index (κ3) is 3.47. The van der Waals surface area contributed by atoms with E-state index in [0.717, 1.165) is 19.5 Å². The lowest BCUT2D eigenvalue weighted by Gasteiger charge is -2.30. The Morgan fingerprint density at radius 3 is 3.19 bits per heavy atom. The molecule has 3 heterocycles. The monoisotopic (exact) mass is 307 g/mol. The number of piperidine rings is 1. The maximum absolute atomic E-state index is 12.1. The Morgan fingerprint density at radius 1 is 1.52 bits per heavy atom. The number of aromatic nitrogens is 2. The maximum atomic E-state index is 12.1. The second-order valence-electron chi connectivity index (χ2n) is 5.23. The summed E-state index contributed by atoms with van der Waals surface area (Å²) in [7, 11) is 0. The first-order valence-electron chi connectivity index (χ1n) is 7.00. The van der Waals surface area contributed by atoms with Crippen LogP contribution >= 0.6 is 11.8 Å². The van der Waals surface area contributed by atoms with Gasteiger partial charge < -0.3 is 13.7 Å². The van der Waals surface area contributed by atoms with Crippen molar-refractivity contribution in [2.24, 2.45) is 5.92 Å². The molecule has 0 bridgehead atoms. The minimum absolute atomic E-state index is 0.129. The highest BCUT2D eigenvalue weighted by molar-refractivity contribution is 7.99. The van der Waals surface area contributed by atoms with Crippen molar-refractivity contribution in [1.82, 2.24) is 15.1 Å². The van der Waals surface area contributed by atoms with Crippen LogP contribution in [-0.2, 0) is 4.79 Å². The molecule has 0 unspecified atom stereocenters. The van der Waals surface area contributed by atoms with Crippen LogP contribution in [0.2, 0.25) is 0 Å². The smallest absolute Gasteiger partial charge is 0.284 e. The predicted molar refractivity (Wildman–Crippen MR) is 77.7 cm³/mol. The molecule has 1 aliphatic heterocycles. The number of hydrogen-bond donors (Lipinski definition) is 0. The Kier molecular flexibility index (Phi) is 4.28. The standard InChI is InChI=1S/C14H17N3O3S/c1-10-4-2-6-17(8-10)12(18)9-21-14-16-15-13(20-14)11-5-3-7-19-11/h3,5,7,10H,2,4,6,8-9H2,1H3/t10-/m1/s1. The number of thioether (sulfide) groups is 1. The molecule has 112 valence electrons. The van der Waals surface area contributed by atoms with Gasteiger partial charge in [0, 0.05) is 13.1 Å². The molecule has 0 spiro atoms. The number of likely N-dealkylation sites (tertiary alicyclic amines) is 1. The summed E-state index contributed by atoms with van der Waals surface area (Å²) in [6.07, 6.45) is 3.83. The molecule has 0 aliphatic carbocycles. The van der Waals surface area contributed by atoms with E-state index >= 15 is 0 Å².